The Morgan fingerprint density at radius 2 is 1.49 bits per heavy atom. The van der Waals surface area contributed by atoms with E-state index in [1.54, 1.807) is 0 Å². The Kier molecular flexibility index (Phi) is 10.6. The Bertz CT molecular complexity index is 1690. The molecule has 0 aromatic heterocycles. The Morgan fingerprint density at radius 3 is 2.21 bits per heavy atom. The molecule has 7 heteroatoms. The summed E-state index contributed by atoms with van der Waals surface area (Å²) in [6.45, 7) is 10.4. The summed E-state index contributed by atoms with van der Waals surface area (Å²) in [6, 6.07) is 16.9. The highest BCUT2D eigenvalue weighted by molar-refractivity contribution is 6.32. The second kappa shape index (κ2) is 14.5. The van der Waals surface area contributed by atoms with Gasteiger partial charge in [0.15, 0.2) is 5.71 Å². The van der Waals surface area contributed by atoms with E-state index in [4.69, 9.17) is 11.6 Å². The van der Waals surface area contributed by atoms with Gasteiger partial charge in [0, 0.05) is 64.4 Å². The third kappa shape index (κ3) is 7.33. The number of hydrogen-bond acceptors (Lipinski definition) is 5. The van der Waals surface area contributed by atoms with Crippen molar-refractivity contribution in [1.29, 1.82) is 0 Å². The van der Waals surface area contributed by atoms with Crippen molar-refractivity contribution in [2.24, 2.45) is 0 Å². The van der Waals surface area contributed by atoms with Crippen LogP contribution in [0.1, 0.15) is 96.6 Å². The molecule has 5 rings (SSSR count). The molecular weight excluding hydrogens is 608 g/mol. The first kappa shape index (κ1) is 34.4. The molecule has 47 heavy (non-hydrogen) atoms. The van der Waals surface area contributed by atoms with Gasteiger partial charge in [0.1, 0.15) is 6.54 Å². The molecule has 3 aliphatic rings. The summed E-state index contributed by atoms with van der Waals surface area (Å²) in [5.74, 6) is -2.01. The van der Waals surface area contributed by atoms with E-state index >= 15 is 0 Å². The van der Waals surface area contributed by atoms with Crippen molar-refractivity contribution in [2.75, 3.05) is 18.0 Å². The minimum atomic E-state index is -1.00. The zero-order valence-corrected chi connectivity index (χ0v) is 28.9. The van der Waals surface area contributed by atoms with Gasteiger partial charge in [-0.15, -0.1) is 0 Å². The van der Waals surface area contributed by atoms with E-state index in [0.717, 1.165) is 61.4 Å². The zero-order valence-electron chi connectivity index (χ0n) is 28.1. The Balaban J connectivity index is 1.44. The highest BCUT2D eigenvalue weighted by Crippen LogP contribution is 2.48. The number of hydrogen-bond donors (Lipinski definition) is 0. The van der Waals surface area contributed by atoms with Crippen LogP contribution in [0.3, 0.4) is 0 Å². The van der Waals surface area contributed by atoms with Gasteiger partial charge in [-0.1, -0.05) is 74.0 Å². The van der Waals surface area contributed by atoms with Crippen LogP contribution in [0, 0.1) is 0 Å². The van der Waals surface area contributed by atoms with Crippen LogP contribution in [0.15, 0.2) is 94.7 Å². The van der Waals surface area contributed by atoms with E-state index in [2.05, 4.69) is 110 Å². The lowest BCUT2D eigenvalue weighted by molar-refractivity contribution is -0.438. The van der Waals surface area contributed by atoms with Crippen LogP contribution < -0.4 is 15.1 Å². The summed E-state index contributed by atoms with van der Waals surface area (Å²) in [6.07, 6.45) is 14.4. The number of fused-ring (bicyclic) bond motifs is 2. The number of nitrogens with zero attached hydrogens (tertiary/aromatic N) is 2. The highest BCUT2D eigenvalue weighted by Gasteiger charge is 2.44. The number of aliphatic carboxylic acids is 2. The van der Waals surface area contributed by atoms with Gasteiger partial charge in [-0.3, -0.25) is 0 Å². The minimum Gasteiger partial charge on any atom is -0.550 e. The van der Waals surface area contributed by atoms with Crippen LogP contribution in [0.4, 0.5) is 11.4 Å². The molecule has 0 unspecified atom stereocenters. The number of benzene rings is 2. The average molecular weight is 654 g/mol. The number of carbonyl (C=O) groups is 2. The number of allylic oxidation sites excluding steroid dienone is 8. The fourth-order valence-electron chi connectivity index (χ4n) is 7.41. The summed E-state index contributed by atoms with van der Waals surface area (Å²) in [5.41, 5.74) is 9.05. The smallest absolute Gasteiger partial charge is 0.209 e. The molecule has 0 atom stereocenters. The molecule has 6 nitrogen and oxygen atoms in total. The molecule has 248 valence electrons. The first-order chi connectivity index (χ1) is 22.4. The molecule has 2 heterocycles. The first-order valence-electron chi connectivity index (χ1n) is 16.9. The second-order valence-corrected chi connectivity index (χ2v) is 14.3. The number of rotatable bonds is 13. The molecular formula is C40H46ClN2O4-. The molecule has 0 saturated carbocycles. The van der Waals surface area contributed by atoms with Gasteiger partial charge in [-0.05, 0) is 94.1 Å². The van der Waals surface area contributed by atoms with Gasteiger partial charge in [0.05, 0.1) is 5.41 Å². The Hall–Kier alpha value is -3.90. The van der Waals surface area contributed by atoms with Crippen molar-refractivity contribution in [2.45, 2.75) is 96.3 Å². The quantitative estimate of drug-likeness (QED) is 0.176. The standard InChI is InChI=1S/C40H47ClN2O4/c1-39(2)30-16-5-7-18-32(30)42(26-11-9-20-36(44)45)34(39)24-22-28-14-13-15-29(38(28)41)23-25-35-40(3,4)31-17-6-8-19-33(31)43(35)27-12-10-21-37(46)47/h5-8,16-19,22-25H,9-15,20-21,26-27H2,1-4H3,(H-,44,45,46,47)/p-1. The lowest BCUT2D eigenvalue weighted by atomic mass is 9.81. The molecule has 0 bridgehead atoms. The normalized spacial score (nSPS) is 20.1. The third-order valence-corrected chi connectivity index (χ3v) is 10.5. The van der Waals surface area contributed by atoms with E-state index in [0.29, 0.717) is 12.8 Å². The Morgan fingerprint density at radius 1 is 0.830 bits per heavy atom. The van der Waals surface area contributed by atoms with Crippen LogP contribution in [0.25, 0.3) is 0 Å². The van der Waals surface area contributed by atoms with Crippen LogP contribution in [0.5, 0.6) is 0 Å². The maximum Gasteiger partial charge on any atom is 0.209 e. The molecule has 2 aromatic rings. The number of unbranched alkanes of at least 4 members (excludes halogenated alkanes) is 2. The van der Waals surface area contributed by atoms with Crippen molar-refractivity contribution in [3.63, 3.8) is 0 Å². The molecule has 1 aliphatic carbocycles. The third-order valence-electron chi connectivity index (χ3n) is 9.96. The minimum absolute atomic E-state index is 0.0707. The predicted molar refractivity (Wildman–Crippen MR) is 186 cm³/mol. The van der Waals surface area contributed by atoms with Crippen molar-refractivity contribution in [3.05, 3.63) is 106 Å². The molecule has 2 aromatic carbocycles. The zero-order chi connectivity index (χ0) is 33.8. The van der Waals surface area contributed by atoms with Gasteiger partial charge >= 0.3 is 0 Å². The second-order valence-electron chi connectivity index (χ2n) is 13.9. The monoisotopic (exact) mass is 653 g/mol. The summed E-state index contributed by atoms with van der Waals surface area (Å²) in [5, 5.41) is 22.8. The molecule has 0 radical (unpaired) electrons. The van der Waals surface area contributed by atoms with Crippen LogP contribution in [-0.4, -0.2) is 35.3 Å². The summed E-state index contributed by atoms with van der Waals surface area (Å²) in [4.78, 5) is 24.3. The SMILES string of the molecule is CC1(C)C(/C=C/C2=C(Cl)C(=C/C=C3/N(CCCCC(=O)[O-])c4ccccc4C3(C)C)/CCC2)=[N+](CCCCC(=O)[O-])c2ccccc21. The number of carboxylic acids is 2. The molecule has 0 fully saturated rings. The highest BCUT2D eigenvalue weighted by atomic mass is 35.5. The maximum atomic E-state index is 11.0. The summed E-state index contributed by atoms with van der Waals surface area (Å²) >= 11 is 7.15. The van der Waals surface area contributed by atoms with Crippen molar-refractivity contribution in [3.8, 4) is 0 Å². The number of para-hydroxylation sites is 2. The number of carboxylic acid groups (broad SMARTS) is 2. The number of anilines is 1. The van der Waals surface area contributed by atoms with E-state index in [-0.39, 0.29) is 23.7 Å². The maximum absolute atomic E-state index is 11.0. The average Bonchev–Trinajstić information content (AvgIpc) is 3.38. The van der Waals surface area contributed by atoms with Crippen molar-refractivity contribution in [1.82, 2.24) is 0 Å². The van der Waals surface area contributed by atoms with Gasteiger partial charge in [-0.2, -0.15) is 4.58 Å². The van der Waals surface area contributed by atoms with Gasteiger partial charge < -0.3 is 24.7 Å². The van der Waals surface area contributed by atoms with Gasteiger partial charge in [0.25, 0.3) is 0 Å². The lowest BCUT2D eigenvalue weighted by Crippen LogP contribution is -2.28. The van der Waals surface area contributed by atoms with Crippen molar-refractivity contribution >= 4 is 40.6 Å². The number of halogens is 1. The van der Waals surface area contributed by atoms with Gasteiger partial charge in [0.2, 0.25) is 5.69 Å². The fraction of sp³-hybridized carbons (Fsp3) is 0.425. The lowest BCUT2D eigenvalue weighted by Gasteiger charge is -2.27. The van der Waals surface area contributed by atoms with Crippen LogP contribution >= 0.6 is 11.6 Å². The fourth-order valence-corrected chi connectivity index (χ4v) is 7.72. The summed E-state index contributed by atoms with van der Waals surface area (Å²) < 4.78 is 2.33. The van der Waals surface area contributed by atoms with E-state index in [9.17, 15) is 19.8 Å². The first-order valence-corrected chi connectivity index (χ1v) is 17.3. The Labute approximate surface area is 284 Å². The molecule has 2 aliphatic heterocycles. The molecule has 0 N–H and O–H groups in total. The summed E-state index contributed by atoms with van der Waals surface area (Å²) in [7, 11) is 0. The van der Waals surface area contributed by atoms with Crippen LogP contribution in [0.2, 0.25) is 0 Å². The molecule has 0 spiro atoms. The largest absolute Gasteiger partial charge is 0.550 e. The molecule has 0 amide bonds. The topological polar surface area (TPSA) is 86.5 Å². The van der Waals surface area contributed by atoms with E-state index in [1.165, 1.54) is 33.9 Å². The van der Waals surface area contributed by atoms with E-state index < -0.39 is 11.9 Å². The van der Waals surface area contributed by atoms with Crippen molar-refractivity contribution < 1.29 is 24.4 Å². The molecule has 0 saturated heterocycles. The van der Waals surface area contributed by atoms with E-state index in [1.807, 2.05) is 0 Å². The predicted octanol–water partition coefficient (Wildman–Crippen LogP) is 6.74. The number of carbonyl (C=O) groups excluding carboxylic acids is 2. The van der Waals surface area contributed by atoms with Crippen LogP contribution in [-0.2, 0) is 20.4 Å². The van der Waals surface area contributed by atoms with Gasteiger partial charge in [-0.25, -0.2) is 0 Å².